The third-order valence-corrected chi connectivity index (χ3v) is 3.80. The van der Waals surface area contributed by atoms with Gasteiger partial charge in [-0.05, 0) is 32.5 Å². The summed E-state index contributed by atoms with van der Waals surface area (Å²) in [5.74, 6) is -0.297. The highest BCUT2D eigenvalue weighted by Gasteiger charge is 2.29. The first kappa shape index (κ1) is 15.2. The second-order valence-electron chi connectivity index (χ2n) is 5.36. The molecule has 2 N–H and O–H groups in total. The molecule has 2 rings (SSSR count). The number of aromatic nitrogens is 1. The lowest BCUT2D eigenvalue weighted by Crippen LogP contribution is -2.47. The maximum atomic E-state index is 12.5. The summed E-state index contributed by atoms with van der Waals surface area (Å²) in [7, 11) is 3.67. The van der Waals surface area contributed by atoms with E-state index < -0.39 is 10.8 Å². The van der Waals surface area contributed by atoms with Crippen molar-refractivity contribution in [3.8, 4) is 0 Å². The van der Waals surface area contributed by atoms with Crippen LogP contribution >= 0.6 is 0 Å². The average molecular weight is 293 g/mol. The van der Waals surface area contributed by atoms with E-state index in [1.165, 1.54) is 6.07 Å². The predicted octanol–water partition coefficient (Wildman–Crippen LogP) is 0.738. The highest BCUT2D eigenvalue weighted by molar-refractivity contribution is 5.98. The van der Waals surface area contributed by atoms with Crippen molar-refractivity contribution < 1.29 is 9.72 Å². The van der Waals surface area contributed by atoms with E-state index in [1.54, 1.807) is 11.9 Å². The molecule has 1 saturated heterocycles. The molecule has 1 atom stereocenters. The lowest BCUT2D eigenvalue weighted by molar-refractivity contribution is -0.385. The van der Waals surface area contributed by atoms with Crippen molar-refractivity contribution in [2.24, 2.45) is 0 Å². The van der Waals surface area contributed by atoms with Crippen LogP contribution in [0.5, 0.6) is 0 Å². The topological polar surface area (TPSA) is 106 Å². The second-order valence-corrected chi connectivity index (χ2v) is 5.36. The fourth-order valence-corrected chi connectivity index (χ4v) is 2.59. The molecule has 114 valence electrons. The number of hydrogen-bond acceptors (Lipinski definition) is 6. The number of nitrogens with two attached hydrogens (primary N) is 1. The number of likely N-dealkylation sites (N-methyl/N-ethyl adjacent to an activating group) is 2. The largest absolute Gasteiger partial charge is 0.384 e. The highest BCUT2D eigenvalue weighted by Crippen LogP contribution is 2.23. The Hall–Kier alpha value is -2.22. The van der Waals surface area contributed by atoms with Crippen molar-refractivity contribution in [1.82, 2.24) is 14.8 Å². The molecule has 1 aliphatic heterocycles. The average Bonchev–Trinajstić information content (AvgIpc) is 2.45. The summed E-state index contributed by atoms with van der Waals surface area (Å²) in [4.78, 5) is 30.4. The minimum Gasteiger partial charge on any atom is -0.384 e. The van der Waals surface area contributed by atoms with Crippen molar-refractivity contribution in [3.63, 3.8) is 0 Å². The molecule has 0 aliphatic carbocycles. The van der Waals surface area contributed by atoms with Crippen molar-refractivity contribution in [3.05, 3.63) is 27.9 Å². The summed E-state index contributed by atoms with van der Waals surface area (Å²) in [6.07, 6.45) is 2.92. The van der Waals surface area contributed by atoms with Gasteiger partial charge in [-0.25, -0.2) is 4.98 Å². The molecule has 0 spiro atoms. The van der Waals surface area contributed by atoms with Crippen LogP contribution < -0.4 is 5.73 Å². The van der Waals surface area contributed by atoms with Crippen molar-refractivity contribution in [1.29, 1.82) is 0 Å². The lowest BCUT2D eigenvalue weighted by Gasteiger charge is -2.35. The van der Waals surface area contributed by atoms with Gasteiger partial charge in [0.25, 0.3) is 11.6 Å². The van der Waals surface area contributed by atoms with E-state index in [4.69, 9.17) is 5.73 Å². The van der Waals surface area contributed by atoms with Gasteiger partial charge in [-0.15, -0.1) is 0 Å². The molecule has 0 radical (unpaired) electrons. The summed E-state index contributed by atoms with van der Waals surface area (Å²) in [6, 6.07) is 1.31. The Labute approximate surface area is 122 Å². The normalized spacial score (nSPS) is 19.2. The number of amides is 1. The first-order chi connectivity index (χ1) is 9.90. The monoisotopic (exact) mass is 293 g/mol. The number of carbonyl (C=O) groups is 1. The van der Waals surface area contributed by atoms with E-state index in [0.717, 1.165) is 32.1 Å². The Bertz CT molecular complexity index is 563. The Kier molecular flexibility index (Phi) is 4.37. The number of piperidine rings is 1. The number of likely N-dealkylation sites (tertiary alicyclic amines) is 1. The molecule has 0 saturated carbocycles. The summed E-state index contributed by atoms with van der Waals surface area (Å²) >= 11 is 0. The molecule has 1 aliphatic rings. The smallest absolute Gasteiger partial charge is 0.300 e. The predicted molar refractivity (Wildman–Crippen MR) is 77.9 cm³/mol. The molecular weight excluding hydrogens is 274 g/mol. The number of pyridine rings is 1. The zero-order chi connectivity index (χ0) is 15.6. The molecule has 8 heteroatoms. The second kappa shape index (κ2) is 6.04. The number of nitro groups is 1. The zero-order valence-electron chi connectivity index (χ0n) is 12.2. The molecule has 21 heavy (non-hydrogen) atoms. The molecular formula is C13H19N5O3. The van der Waals surface area contributed by atoms with Gasteiger partial charge in [-0.3, -0.25) is 14.9 Å². The molecule has 1 amide bonds. The Morgan fingerprint density at radius 3 is 2.95 bits per heavy atom. The van der Waals surface area contributed by atoms with E-state index in [0.29, 0.717) is 0 Å². The first-order valence-electron chi connectivity index (χ1n) is 6.75. The van der Waals surface area contributed by atoms with Gasteiger partial charge in [0.1, 0.15) is 17.6 Å². The quantitative estimate of drug-likeness (QED) is 0.650. The van der Waals surface area contributed by atoms with Gasteiger partial charge in [-0.2, -0.15) is 0 Å². The van der Waals surface area contributed by atoms with Crippen LogP contribution in [0.2, 0.25) is 0 Å². The Morgan fingerprint density at radius 2 is 2.33 bits per heavy atom. The van der Waals surface area contributed by atoms with Gasteiger partial charge >= 0.3 is 0 Å². The molecule has 1 aromatic rings. The summed E-state index contributed by atoms with van der Waals surface area (Å²) in [6.45, 7) is 1.76. The fraction of sp³-hybridized carbons (Fsp3) is 0.538. The number of nitrogens with zero attached hydrogens (tertiary/aromatic N) is 4. The SMILES string of the molecule is CN1CCCC(N(C)C(=O)c2cc(N)ncc2[N+](=O)[O-])C1. The summed E-state index contributed by atoms with van der Waals surface area (Å²) in [5, 5.41) is 11.0. The Morgan fingerprint density at radius 1 is 1.62 bits per heavy atom. The van der Waals surface area contributed by atoms with E-state index in [1.807, 2.05) is 7.05 Å². The van der Waals surface area contributed by atoms with Crippen LogP contribution in [0.1, 0.15) is 23.2 Å². The van der Waals surface area contributed by atoms with Crippen LogP contribution in [0.15, 0.2) is 12.3 Å². The van der Waals surface area contributed by atoms with E-state index in [2.05, 4.69) is 9.88 Å². The summed E-state index contributed by atoms with van der Waals surface area (Å²) in [5.41, 5.74) is 5.23. The number of hydrogen-bond donors (Lipinski definition) is 1. The van der Waals surface area contributed by atoms with Gasteiger partial charge in [0, 0.05) is 19.6 Å². The van der Waals surface area contributed by atoms with Gasteiger partial charge < -0.3 is 15.5 Å². The van der Waals surface area contributed by atoms with Gasteiger partial charge in [0.15, 0.2) is 0 Å². The molecule has 8 nitrogen and oxygen atoms in total. The van der Waals surface area contributed by atoms with Gasteiger partial charge in [0.05, 0.1) is 4.92 Å². The van der Waals surface area contributed by atoms with E-state index in [-0.39, 0.29) is 23.1 Å². The summed E-state index contributed by atoms with van der Waals surface area (Å²) < 4.78 is 0. The zero-order valence-corrected chi connectivity index (χ0v) is 12.2. The molecule has 0 aromatic carbocycles. The minimum absolute atomic E-state index is 0.0109. The van der Waals surface area contributed by atoms with Crippen LogP contribution in [0, 0.1) is 10.1 Å². The maximum Gasteiger partial charge on any atom is 0.300 e. The van der Waals surface area contributed by atoms with Crippen LogP contribution in [0.4, 0.5) is 11.5 Å². The standard InChI is InChI=1S/C13H19N5O3/c1-16-5-3-4-9(8-16)17(2)13(19)10-6-12(14)15-7-11(10)18(20)21/h6-7,9H,3-5,8H2,1-2H3,(H2,14,15). The number of anilines is 1. The van der Waals surface area contributed by atoms with Crippen molar-refractivity contribution >= 4 is 17.4 Å². The third kappa shape index (κ3) is 3.27. The third-order valence-electron chi connectivity index (χ3n) is 3.80. The van der Waals surface area contributed by atoms with Crippen LogP contribution in [-0.4, -0.2) is 58.8 Å². The molecule has 1 aromatic heterocycles. The molecule has 2 heterocycles. The fourth-order valence-electron chi connectivity index (χ4n) is 2.59. The number of rotatable bonds is 3. The molecule has 0 bridgehead atoms. The van der Waals surface area contributed by atoms with Gasteiger partial charge in [-0.1, -0.05) is 0 Å². The first-order valence-corrected chi connectivity index (χ1v) is 6.75. The highest BCUT2D eigenvalue weighted by atomic mass is 16.6. The Balaban J connectivity index is 2.26. The number of nitrogen functional groups attached to an aromatic ring is 1. The molecule has 1 fully saturated rings. The number of carbonyl (C=O) groups excluding carboxylic acids is 1. The maximum absolute atomic E-state index is 12.5. The van der Waals surface area contributed by atoms with E-state index >= 15 is 0 Å². The van der Waals surface area contributed by atoms with Crippen molar-refractivity contribution in [2.75, 3.05) is 32.9 Å². The van der Waals surface area contributed by atoms with Crippen LogP contribution in [0.3, 0.4) is 0 Å². The molecule has 1 unspecified atom stereocenters. The van der Waals surface area contributed by atoms with Crippen LogP contribution in [0.25, 0.3) is 0 Å². The lowest BCUT2D eigenvalue weighted by atomic mass is 10.0. The van der Waals surface area contributed by atoms with Gasteiger partial charge in [0.2, 0.25) is 0 Å². The van der Waals surface area contributed by atoms with Crippen LogP contribution in [-0.2, 0) is 0 Å². The van der Waals surface area contributed by atoms with E-state index in [9.17, 15) is 14.9 Å². The minimum atomic E-state index is -0.611. The van der Waals surface area contributed by atoms with Crippen molar-refractivity contribution in [2.45, 2.75) is 18.9 Å².